The van der Waals surface area contributed by atoms with Gasteiger partial charge in [-0.15, -0.1) is 0 Å². The highest BCUT2D eigenvalue weighted by atomic mass is 35.5. The Morgan fingerprint density at radius 1 is 1.04 bits per heavy atom. The van der Waals surface area contributed by atoms with Gasteiger partial charge in [-0.1, -0.05) is 29.8 Å². The second-order valence-electron chi connectivity index (χ2n) is 6.07. The van der Waals surface area contributed by atoms with Gasteiger partial charge in [0, 0.05) is 37.3 Å². The predicted molar refractivity (Wildman–Crippen MR) is 102 cm³/mol. The van der Waals surface area contributed by atoms with Crippen molar-refractivity contribution in [2.75, 3.05) is 26.2 Å². The second-order valence-corrected chi connectivity index (χ2v) is 8.45. The molecule has 0 radical (unpaired) electrons. The third-order valence-electron chi connectivity index (χ3n) is 4.27. The molecule has 142 valence electrons. The first-order chi connectivity index (χ1) is 12.9. The van der Waals surface area contributed by atoms with Crippen molar-refractivity contribution in [3.63, 3.8) is 0 Å². The molecule has 8 heteroatoms. The van der Waals surface area contributed by atoms with E-state index in [9.17, 15) is 17.6 Å². The molecule has 0 unspecified atom stereocenters. The Hall–Kier alpha value is -2.22. The summed E-state index contributed by atoms with van der Waals surface area (Å²) in [5.41, 5.74) is 0.715. The number of carbonyl (C=O) groups is 1. The first-order valence-electron chi connectivity index (χ1n) is 8.34. The molecule has 3 rings (SSSR count). The van der Waals surface area contributed by atoms with E-state index < -0.39 is 10.0 Å². The fourth-order valence-corrected chi connectivity index (χ4v) is 4.50. The number of nitrogens with zero attached hydrogens (tertiary/aromatic N) is 2. The lowest BCUT2D eigenvalue weighted by Crippen LogP contribution is -2.50. The van der Waals surface area contributed by atoms with Gasteiger partial charge in [0.15, 0.2) is 0 Å². The molecular weight excluding hydrogens is 391 g/mol. The van der Waals surface area contributed by atoms with E-state index in [4.69, 9.17) is 11.6 Å². The van der Waals surface area contributed by atoms with E-state index >= 15 is 0 Å². The van der Waals surface area contributed by atoms with Crippen molar-refractivity contribution in [1.29, 1.82) is 0 Å². The number of piperazine rings is 1. The van der Waals surface area contributed by atoms with Crippen LogP contribution in [-0.2, 0) is 14.8 Å². The van der Waals surface area contributed by atoms with Crippen molar-refractivity contribution in [2.45, 2.75) is 4.90 Å². The molecule has 1 amide bonds. The Morgan fingerprint density at radius 2 is 1.70 bits per heavy atom. The molecule has 1 aliphatic rings. The first-order valence-corrected chi connectivity index (χ1v) is 10.2. The second kappa shape index (κ2) is 8.21. The molecule has 0 bridgehead atoms. The van der Waals surface area contributed by atoms with Crippen LogP contribution < -0.4 is 0 Å². The summed E-state index contributed by atoms with van der Waals surface area (Å²) in [5, 5.41) is 0.357. The van der Waals surface area contributed by atoms with Crippen molar-refractivity contribution >= 4 is 33.6 Å². The van der Waals surface area contributed by atoms with Crippen LogP contribution >= 0.6 is 11.6 Å². The minimum atomic E-state index is -3.64. The van der Waals surface area contributed by atoms with Crippen LogP contribution in [-0.4, -0.2) is 49.7 Å². The number of sulfonamides is 1. The predicted octanol–water partition coefficient (Wildman–Crippen LogP) is 3.03. The van der Waals surface area contributed by atoms with E-state index in [1.165, 1.54) is 34.6 Å². The Bertz CT molecular complexity index is 953. The van der Waals surface area contributed by atoms with Crippen LogP contribution in [0.3, 0.4) is 0 Å². The lowest BCUT2D eigenvalue weighted by Gasteiger charge is -2.33. The van der Waals surface area contributed by atoms with E-state index in [0.29, 0.717) is 23.7 Å². The minimum absolute atomic E-state index is 0.144. The van der Waals surface area contributed by atoms with Gasteiger partial charge in [-0.25, -0.2) is 12.8 Å². The molecule has 0 saturated carbocycles. The molecule has 0 aliphatic carbocycles. The normalized spacial score (nSPS) is 16.0. The van der Waals surface area contributed by atoms with Crippen LogP contribution in [0, 0.1) is 5.82 Å². The third kappa shape index (κ3) is 4.74. The average molecular weight is 409 g/mol. The van der Waals surface area contributed by atoms with Crippen molar-refractivity contribution in [3.05, 3.63) is 71.0 Å². The molecule has 0 aromatic heterocycles. The fourth-order valence-electron chi connectivity index (χ4n) is 2.77. The van der Waals surface area contributed by atoms with Crippen LogP contribution in [0.15, 0.2) is 59.5 Å². The molecule has 1 aliphatic heterocycles. The molecule has 2 aromatic carbocycles. The summed E-state index contributed by atoms with van der Waals surface area (Å²) in [4.78, 5) is 14.0. The lowest BCUT2D eigenvalue weighted by atomic mass is 10.2. The summed E-state index contributed by atoms with van der Waals surface area (Å²) in [6.07, 6.45) is 3.02. The summed E-state index contributed by atoms with van der Waals surface area (Å²) in [6.45, 7) is 1.02. The molecule has 1 fully saturated rings. The molecule has 5 nitrogen and oxygen atoms in total. The lowest BCUT2D eigenvalue weighted by molar-refractivity contribution is -0.127. The van der Waals surface area contributed by atoms with Crippen LogP contribution in [0.25, 0.3) is 6.08 Å². The minimum Gasteiger partial charge on any atom is -0.337 e. The maximum atomic E-state index is 12.9. The highest BCUT2D eigenvalue weighted by Crippen LogP contribution is 2.21. The smallest absolute Gasteiger partial charge is 0.246 e. The maximum absolute atomic E-state index is 12.9. The SMILES string of the molecule is O=C(/C=C/c1ccc(F)cc1)N1CCN(S(=O)(=O)c2cccc(Cl)c2)CC1. The standard InChI is InChI=1S/C19H18ClFN2O3S/c20-16-2-1-3-18(14-16)27(25,26)23-12-10-22(11-13-23)19(24)9-6-15-4-7-17(21)8-5-15/h1-9,14H,10-13H2/b9-6+. The van der Waals surface area contributed by atoms with Gasteiger partial charge >= 0.3 is 0 Å². The quantitative estimate of drug-likeness (QED) is 0.731. The van der Waals surface area contributed by atoms with E-state index in [1.807, 2.05) is 0 Å². The summed E-state index contributed by atoms with van der Waals surface area (Å²) in [5.74, 6) is -0.547. The fraction of sp³-hybridized carbons (Fsp3) is 0.211. The van der Waals surface area contributed by atoms with Crippen LogP contribution in [0.1, 0.15) is 5.56 Å². The molecule has 27 heavy (non-hydrogen) atoms. The van der Waals surface area contributed by atoms with E-state index in [2.05, 4.69) is 0 Å². The Morgan fingerprint density at radius 3 is 2.33 bits per heavy atom. The number of hydrogen-bond acceptors (Lipinski definition) is 3. The van der Waals surface area contributed by atoms with E-state index in [-0.39, 0.29) is 29.7 Å². The molecule has 2 aromatic rings. The topological polar surface area (TPSA) is 57.7 Å². The zero-order valence-corrected chi connectivity index (χ0v) is 16.0. The van der Waals surface area contributed by atoms with Gasteiger partial charge in [0.2, 0.25) is 15.9 Å². The first kappa shape index (κ1) is 19.5. The van der Waals surface area contributed by atoms with Crippen molar-refractivity contribution in [3.8, 4) is 0 Å². The monoisotopic (exact) mass is 408 g/mol. The number of amides is 1. The number of halogens is 2. The largest absolute Gasteiger partial charge is 0.337 e. The molecule has 0 N–H and O–H groups in total. The van der Waals surface area contributed by atoms with E-state index in [0.717, 1.165) is 0 Å². The zero-order valence-electron chi connectivity index (χ0n) is 14.4. The van der Waals surface area contributed by atoms with Crippen molar-refractivity contribution in [1.82, 2.24) is 9.21 Å². The average Bonchev–Trinajstić information content (AvgIpc) is 2.67. The summed E-state index contributed by atoms with van der Waals surface area (Å²) in [6, 6.07) is 11.9. The van der Waals surface area contributed by atoms with Crippen LogP contribution in [0.5, 0.6) is 0 Å². The van der Waals surface area contributed by atoms with Crippen LogP contribution in [0.2, 0.25) is 5.02 Å². The Balaban J connectivity index is 1.61. The number of rotatable bonds is 4. The maximum Gasteiger partial charge on any atom is 0.246 e. The molecular formula is C19H18ClFN2O3S. The third-order valence-corrected chi connectivity index (χ3v) is 6.40. The van der Waals surface area contributed by atoms with Crippen molar-refractivity contribution in [2.24, 2.45) is 0 Å². The number of hydrogen-bond donors (Lipinski definition) is 0. The highest BCUT2D eigenvalue weighted by molar-refractivity contribution is 7.89. The zero-order chi connectivity index (χ0) is 19.4. The summed E-state index contributed by atoms with van der Waals surface area (Å²) in [7, 11) is -3.64. The molecule has 1 saturated heterocycles. The van der Waals surface area contributed by atoms with E-state index in [1.54, 1.807) is 35.2 Å². The number of benzene rings is 2. The van der Waals surface area contributed by atoms with Crippen molar-refractivity contribution < 1.29 is 17.6 Å². The highest BCUT2D eigenvalue weighted by Gasteiger charge is 2.29. The summed E-state index contributed by atoms with van der Waals surface area (Å²) < 4.78 is 39.6. The molecule has 0 atom stereocenters. The molecule has 0 spiro atoms. The Kier molecular flexibility index (Phi) is 5.94. The Labute approximate surface area is 162 Å². The van der Waals surface area contributed by atoms with Crippen LogP contribution in [0.4, 0.5) is 4.39 Å². The molecule has 1 heterocycles. The number of carbonyl (C=O) groups excluding carboxylic acids is 1. The van der Waals surface area contributed by atoms with Gasteiger partial charge in [-0.05, 0) is 42.0 Å². The van der Waals surface area contributed by atoms with Gasteiger partial charge < -0.3 is 4.90 Å². The van der Waals surface area contributed by atoms with Gasteiger partial charge in [0.05, 0.1) is 4.90 Å². The van der Waals surface area contributed by atoms with Gasteiger partial charge in [0.1, 0.15) is 5.82 Å². The van der Waals surface area contributed by atoms with Gasteiger partial charge in [0.25, 0.3) is 0 Å². The van der Waals surface area contributed by atoms with Gasteiger partial charge in [-0.2, -0.15) is 4.31 Å². The summed E-state index contributed by atoms with van der Waals surface area (Å²) >= 11 is 5.88. The van der Waals surface area contributed by atoms with Gasteiger partial charge in [-0.3, -0.25) is 4.79 Å².